The number of hydrogen-bond donors (Lipinski definition) is 2. The maximum atomic E-state index is 13.0. The van der Waals surface area contributed by atoms with Gasteiger partial charge in [0, 0.05) is 30.6 Å². The maximum Gasteiger partial charge on any atom is 0.277 e. The molecule has 1 amide bonds. The Morgan fingerprint density at radius 3 is 2.52 bits per heavy atom. The third-order valence-electron chi connectivity index (χ3n) is 4.07. The molecule has 0 atom stereocenters. The number of halogens is 1. The van der Waals surface area contributed by atoms with E-state index in [0.717, 1.165) is 5.56 Å². The molecule has 0 aromatic carbocycles. The van der Waals surface area contributed by atoms with Crippen LogP contribution in [0.15, 0.2) is 55.2 Å². The van der Waals surface area contributed by atoms with Crippen molar-refractivity contribution in [2.75, 3.05) is 11.1 Å². The number of nitrogens with one attached hydrogen (secondary N) is 1. The summed E-state index contributed by atoms with van der Waals surface area (Å²) in [5, 5.41) is 6.70. The maximum absolute atomic E-state index is 13.0. The van der Waals surface area contributed by atoms with Crippen LogP contribution in [-0.4, -0.2) is 35.6 Å². The van der Waals surface area contributed by atoms with Gasteiger partial charge in [0.2, 0.25) is 5.95 Å². The quantitative estimate of drug-likeness (QED) is 0.512. The summed E-state index contributed by atoms with van der Waals surface area (Å²) < 4.78 is 14.7. The average molecular weight is 390 g/mol. The second-order valence-electron chi connectivity index (χ2n) is 6.15. The zero-order chi connectivity index (χ0) is 20.4. The van der Waals surface area contributed by atoms with E-state index in [2.05, 4.69) is 30.4 Å². The lowest BCUT2D eigenvalue weighted by molar-refractivity contribution is 0.102. The van der Waals surface area contributed by atoms with Crippen molar-refractivity contribution in [1.82, 2.24) is 29.7 Å². The van der Waals surface area contributed by atoms with E-state index >= 15 is 0 Å². The standard InChI is InChI=1S/C19H15FN8O/c1-28-10-12(7-25-28)15-8-23-16(9-22-15)19(29)27-18-13(21)3-4-14(26-18)11-2-5-17(20)24-6-11/h2-10H,21H2,1H3,(H,26,27,29). The van der Waals surface area contributed by atoms with Crippen LogP contribution in [-0.2, 0) is 7.05 Å². The highest BCUT2D eigenvalue weighted by Crippen LogP contribution is 2.23. The second-order valence-corrected chi connectivity index (χ2v) is 6.15. The lowest BCUT2D eigenvalue weighted by Gasteiger charge is -2.09. The topological polar surface area (TPSA) is 124 Å². The Kier molecular flexibility index (Phi) is 4.65. The van der Waals surface area contributed by atoms with E-state index in [4.69, 9.17) is 5.73 Å². The van der Waals surface area contributed by atoms with Crippen LogP contribution < -0.4 is 11.1 Å². The van der Waals surface area contributed by atoms with Gasteiger partial charge < -0.3 is 11.1 Å². The number of aryl methyl sites for hydroxylation is 1. The first-order valence-electron chi connectivity index (χ1n) is 8.50. The van der Waals surface area contributed by atoms with E-state index in [1.54, 1.807) is 36.3 Å². The van der Waals surface area contributed by atoms with E-state index < -0.39 is 11.9 Å². The fraction of sp³-hybridized carbons (Fsp3) is 0.0526. The molecule has 0 unspecified atom stereocenters. The molecule has 4 aromatic heterocycles. The van der Waals surface area contributed by atoms with Crippen LogP contribution in [0.2, 0.25) is 0 Å². The van der Waals surface area contributed by atoms with Gasteiger partial charge >= 0.3 is 0 Å². The highest BCUT2D eigenvalue weighted by molar-refractivity contribution is 6.03. The molecule has 4 heterocycles. The predicted octanol–water partition coefficient (Wildman–Crippen LogP) is 2.31. The number of nitrogens with two attached hydrogens (primary N) is 1. The molecule has 3 N–H and O–H groups in total. The molecule has 0 aliphatic rings. The smallest absolute Gasteiger partial charge is 0.277 e. The van der Waals surface area contributed by atoms with Crippen LogP contribution in [0.1, 0.15) is 10.5 Å². The summed E-state index contributed by atoms with van der Waals surface area (Å²) in [4.78, 5) is 28.8. The van der Waals surface area contributed by atoms with Gasteiger partial charge in [0.15, 0.2) is 5.82 Å². The molecule has 4 rings (SSSR count). The summed E-state index contributed by atoms with van der Waals surface area (Å²) in [6, 6.07) is 6.01. The van der Waals surface area contributed by atoms with E-state index in [9.17, 15) is 9.18 Å². The Labute approximate surface area is 164 Å². The van der Waals surface area contributed by atoms with Gasteiger partial charge in [0.25, 0.3) is 5.91 Å². The number of nitrogen functional groups attached to an aromatic ring is 1. The number of nitrogens with zero attached hydrogens (tertiary/aromatic N) is 6. The minimum Gasteiger partial charge on any atom is -0.396 e. The molecule has 0 bridgehead atoms. The molecule has 0 spiro atoms. The number of rotatable bonds is 4. The molecule has 10 heteroatoms. The first-order chi connectivity index (χ1) is 14.0. The van der Waals surface area contributed by atoms with E-state index in [-0.39, 0.29) is 17.2 Å². The highest BCUT2D eigenvalue weighted by atomic mass is 19.1. The van der Waals surface area contributed by atoms with Crippen molar-refractivity contribution in [1.29, 1.82) is 0 Å². The number of aromatic nitrogens is 6. The third-order valence-corrected chi connectivity index (χ3v) is 4.07. The number of anilines is 2. The van der Waals surface area contributed by atoms with Gasteiger partial charge in [-0.2, -0.15) is 9.49 Å². The summed E-state index contributed by atoms with van der Waals surface area (Å²) in [5.41, 5.74) is 8.76. The summed E-state index contributed by atoms with van der Waals surface area (Å²) >= 11 is 0. The highest BCUT2D eigenvalue weighted by Gasteiger charge is 2.13. The lowest BCUT2D eigenvalue weighted by atomic mass is 10.2. The summed E-state index contributed by atoms with van der Waals surface area (Å²) in [6.45, 7) is 0. The number of carbonyl (C=O) groups excluding carboxylic acids is 1. The van der Waals surface area contributed by atoms with Gasteiger partial charge in [-0.25, -0.2) is 15.0 Å². The van der Waals surface area contributed by atoms with E-state index in [1.165, 1.54) is 30.7 Å². The molecule has 9 nitrogen and oxygen atoms in total. The monoisotopic (exact) mass is 390 g/mol. The molecule has 0 fully saturated rings. The fourth-order valence-electron chi connectivity index (χ4n) is 2.58. The Hall–Kier alpha value is -4.21. The molecule has 0 aliphatic carbocycles. The zero-order valence-corrected chi connectivity index (χ0v) is 15.2. The molecule has 144 valence electrons. The lowest BCUT2D eigenvalue weighted by Crippen LogP contribution is -2.16. The largest absolute Gasteiger partial charge is 0.396 e. The van der Waals surface area contributed by atoms with Gasteiger partial charge in [-0.05, 0) is 24.3 Å². The van der Waals surface area contributed by atoms with Gasteiger partial charge in [0.1, 0.15) is 5.69 Å². The number of carbonyl (C=O) groups is 1. The van der Waals surface area contributed by atoms with Crippen molar-refractivity contribution in [3.63, 3.8) is 0 Å². The molecule has 0 aliphatic heterocycles. The Morgan fingerprint density at radius 1 is 1.00 bits per heavy atom. The van der Waals surface area contributed by atoms with Gasteiger partial charge in [-0.1, -0.05) is 0 Å². The molecule has 4 aromatic rings. The van der Waals surface area contributed by atoms with E-state index in [0.29, 0.717) is 17.0 Å². The zero-order valence-electron chi connectivity index (χ0n) is 15.2. The second kappa shape index (κ2) is 7.43. The van der Waals surface area contributed by atoms with Crippen LogP contribution in [0.4, 0.5) is 15.9 Å². The Balaban J connectivity index is 1.55. The van der Waals surface area contributed by atoms with Crippen molar-refractivity contribution in [2.45, 2.75) is 0 Å². The van der Waals surface area contributed by atoms with Crippen LogP contribution in [0, 0.1) is 5.95 Å². The minimum absolute atomic E-state index is 0.104. The van der Waals surface area contributed by atoms with Crippen molar-refractivity contribution < 1.29 is 9.18 Å². The molecule has 0 saturated carbocycles. The SMILES string of the molecule is Cn1cc(-c2cnc(C(=O)Nc3nc(-c4ccc(F)nc4)ccc3N)cn2)cn1. The Bertz CT molecular complexity index is 1170. The number of hydrogen-bond acceptors (Lipinski definition) is 7. The Morgan fingerprint density at radius 2 is 1.86 bits per heavy atom. The first-order valence-corrected chi connectivity index (χ1v) is 8.50. The van der Waals surface area contributed by atoms with Crippen LogP contribution in [0.3, 0.4) is 0 Å². The van der Waals surface area contributed by atoms with Crippen molar-refractivity contribution >= 4 is 17.4 Å². The fourth-order valence-corrected chi connectivity index (χ4v) is 2.58. The molecule has 0 saturated heterocycles. The van der Waals surface area contributed by atoms with Crippen LogP contribution in [0.25, 0.3) is 22.5 Å². The average Bonchev–Trinajstić information content (AvgIpc) is 3.17. The van der Waals surface area contributed by atoms with Gasteiger partial charge in [0.05, 0.1) is 35.7 Å². The van der Waals surface area contributed by atoms with Crippen LogP contribution >= 0.6 is 0 Å². The molecule has 0 radical (unpaired) electrons. The van der Waals surface area contributed by atoms with Crippen molar-refractivity contribution in [3.05, 3.63) is 66.9 Å². The third kappa shape index (κ3) is 3.90. The van der Waals surface area contributed by atoms with E-state index in [1.807, 2.05) is 0 Å². The van der Waals surface area contributed by atoms with Crippen molar-refractivity contribution in [2.24, 2.45) is 7.05 Å². The summed E-state index contributed by atoms with van der Waals surface area (Å²) in [5.74, 6) is -0.940. The first kappa shape index (κ1) is 18.2. The summed E-state index contributed by atoms with van der Waals surface area (Å²) in [6.07, 6.45) is 7.65. The number of pyridine rings is 2. The minimum atomic E-state index is -0.592. The number of amides is 1. The molecular formula is C19H15FN8O. The molecule has 29 heavy (non-hydrogen) atoms. The van der Waals surface area contributed by atoms with Gasteiger partial charge in [-0.15, -0.1) is 0 Å². The van der Waals surface area contributed by atoms with Gasteiger partial charge in [-0.3, -0.25) is 14.5 Å². The molecular weight excluding hydrogens is 375 g/mol. The van der Waals surface area contributed by atoms with Crippen molar-refractivity contribution in [3.8, 4) is 22.5 Å². The predicted molar refractivity (Wildman–Crippen MR) is 104 cm³/mol. The summed E-state index contributed by atoms with van der Waals surface area (Å²) in [7, 11) is 1.80. The van der Waals surface area contributed by atoms with Crippen LogP contribution in [0.5, 0.6) is 0 Å². The normalized spacial score (nSPS) is 10.7.